The van der Waals surface area contributed by atoms with Crippen LogP contribution in [0.15, 0.2) is 18.2 Å². The van der Waals surface area contributed by atoms with Gasteiger partial charge in [0.2, 0.25) is 0 Å². The predicted molar refractivity (Wildman–Crippen MR) is 77.4 cm³/mol. The van der Waals surface area contributed by atoms with E-state index in [9.17, 15) is 0 Å². The fourth-order valence-corrected chi connectivity index (χ4v) is 2.21. The molecule has 1 aromatic carbocycles. The second-order valence-electron chi connectivity index (χ2n) is 4.82. The summed E-state index contributed by atoms with van der Waals surface area (Å²) in [6.45, 7) is 4.81. The first-order chi connectivity index (χ1) is 9.06. The molecule has 0 aliphatic carbocycles. The Labute approximate surface area is 114 Å². The molecule has 0 saturated carbocycles. The number of methoxy groups -OCH3 is 1. The molecule has 4 nitrogen and oxygen atoms in total. The Morgan fingerprint density at radius 2 is 1.89 bits per heavy atom. The lowest BCUT2D eigenvalue weighted by Crippen LogP contribution is -2.03. The number of hydrogen-bond acceptors (Lipinski definition) is 3. The topological polar surface area (TPSA) is 53.1 Å². The predicted octanol–water partition coefficient (Wildman–Crippen LogP) is 2.21. The van der Waals surface area contributed by atoms with E-state index in [4.69, 9.17) is 10.5 Å². The van der Waals surface area contributed by atoms with Gasteiger partial charge in [-0.2, -0.15) is 5.10 Å². The quantitative estimate of drug-likeness (QED) is 0.916. The van der Waals surface area contributed by atoms with Crippen molar-refractivity contribution >= 4 is 0 Å². The number of nitrogens with two attached hydrogens (primary N) is 1. The smallest absolute Gasteiger partial charge is 0.128 e. The standard InChI is InChI=1S/C15H21N3O/c1-10-7-13(15(19-4)8-11(10)2)14-9-12(5-6-16)17-18(14)3/h7-9H,5-6,16H2,1-4H3. The maximum atomic E-state index is 5.58. The van der Waals surface area contributed by atoms with Gasteiger partial charge in [-0.15, -0.1) is 0 Å². The third-order valence-corrected chi connectivity index (χ3v) is 3.42. The van der Waals surface area contributed by atoms with Crippen LogP contribution in [-0.4, -0.2) is 23.4 Å². The van der Waals surface area contributed by atoms with Crippen molar-refractivity contribution in [3.63, 3.8) is 0 Å². The molecule has 0 saturated heterocycles. The molecular weight excluding hydrogens is 238 g/mol. The van der Waals surface area contributed by atoms with Crippen LogP contribution in [0, 0.1) is 13.8 Å². The second kappa shape index (κ2) is 5.45. The van der Waals surface area contributed by atoms with Crippen LogP contribution in [0.1, 0.15) is 16.8 Å². The van der Waals surface area contributed by atoms with Crippen LogP contribution in [-0.2, 0) is 13.5 Å². The van der Waals surface area contributed by atoms with Gasteiger partial charge in [0.05, 0.1) is 18.5 Å². The van der Waals surface area contributed by atoms with Crippen molar-refractivity contribution < 1.29 is 4.74 Å². The highest BCUT2D eigenvalue weighted by Crippen LogP contribution is 2.32. The van der Waals surface area contributed by atoms with E-state index < -0.39 is 0 Å². The summed E-state index contributed by atoms with van der Waals surface area (Å²) in [5.41, 5.74) is 11.2. The molecule has 0 fully saturated rings. The minimum Gasteiger partial charge on any atom is -0.496 e. The zero-order valence-corrected chi connectivity index (χ0v) is 12.0. The van der Waals surface area contributed by atoms with Gasteiger partial charge < -0.3 is 10.5 Å². The molecule has 19 heavy (non-hydrogen) atoms. The van der Waals surface area contributed by atoms with Crippen molar-refractivity contribution in [1.29, 1.82) is 0 Å². The molecule has 2 rings (SSSR count). The number of aromatic nitrogens is 2. The molecule has 0 aliphatic rings. The Morgan fingerprint density at radius 1 is 1.21 bits per heavy atom. The van der Waals surface area contributed by atoms with E-state index in [1.54, 1.807) is 7.11 Å². The highest BCUT2D eigenvalue weighted by molar-refractivity contribution is 5.69. The molecule has 0 spiro atoms. The molecule has 2 N–H and O–H groups in total. The minimum absolute atomic E-state index is 0.612. The fraction of sp³-hybridized carbons (Fsp3) is 0.400. The van der Waals surface area contributed by atoms with Gasteiger partial charge in [-0.05, 0) is 49.7 Å². The van der Waals surface area contributed by atoms with Crippen LogP contribution < -0.4 is 10.5 Å². The monoisotopic (exact) mass is 259 g/mol. The van der Waals surface area contributed by atoms with Gasteiger partial charge in [-0.3, -0.25) is 4.68 Å². The van der Waals surface area contributed by atoms with Crippen LogP contribution in [0.3, 0.4) is 0 Å². The number of nitrogens with zero attached hydrogens (tertiary/aromatic N) is 2. The van der Waals surface area contributed by atoms with E-state index in [1.165, 1.54) is 11.1 Å². The molecule has 0 aliphatic heterocycles. The summed E-state index contributed by atoms with van der Waals surface area (Å²) in [5.74, 6) is 0.880. The minimum atomic E-state index is 0.612. The van der Waals surface area contributed by atoms with Crippen LogP contribution in [0.4, 0.5) is 0 Å². The van der Waals surface area contributed by atoms with Gasteiger partial charge in [0, 0.05) is 19.0 Å². The van der Waals surface area contributed by atoms with Crippen LogP contribution in [0.25, 0.3) is 11.3 Å². The van der Waals surface area contributed by atoms with Crippen molar-refractivity contribution in [2.45, 2.75) is 20.3 Å². The van der Waals surface area contributed by atoms with Gasteiger partial charge in [-0.1, -0.05) is 0 Å². The van der Waals surface area contributed by atoms with Gasteiger partial charge in [0.15, 0.2) is 0 Å². The summed E-state index contributed by atoms with van der Waals surface area (Å²) in [6, 6.07) is 6.30. The Kier molecular flexibility index (Phi) is 3.90. The van der Waals surface area contributed by atoms with E-state index in [0.717, 1.165) is 29.1 Å². The van der Waals surface area contributed by atoms with Crippen LogP contribution in [0.2, 0.25) is 0 Å². The number of ether oxygens (including phenoxy) is 1. The maximum Gasteiger partial charge on any atom is 0.128 e. The van der Waals surface area contributed by atoms with Crippen LogP contribution >= 0.6 is 0 Å². The van der Waals surface area contributed by atoms with Crippen molar-refractivity contribution in [1.82, 2.24) is 9.78 Å². The van der Waals surface area contributed by atoms with E-state index in [2.05, 4.69) is 37.1 Å². The SMILES string of the molecule is COc1cc(C)c(C)cc1-c1cc(CCN)nn1C. The molecule has 0 atom stereocenters. The number of benzene rings is 1. The highest BCUT2D eigenvalue weighted by atomic mass is 16.5. The first-order valence-corrected chi connectivity index (χ1v) is 6.45. The van der Waals surface area contributed by atoms with Crippen molar-refractivity contribution in [2.24, 2.45) is 12.8 Å². The zero-order chi connectivity index (χ0) is 14.0. The molecule has 0 radical (unpaired) electrons. The van der Waals surface area contributed by atoms with E-state index in [1.807, 2.05) is 11.7 Å². The molecule has 1 aromatic heterocycles. The first kappa shape index (κ1) is 13.6. The van der Waals surface area contributed by atoms with Crippen molar-refractivity contribution in [3.8, 4) is 17.0 Å². The fourth-order valence-electron chi connectivity index (χ4n) is 2.21. The Hall–Kier alpha value is -1.81. The Balaban J connectivity index is 2.54. The normalized spacial score (nSPS) is 10.8. The number of rotatable bonds is 4. The third-order valence-electron chi connectivity index (χ3n) is 3.42. The molecule has 0 unspecified atom stereocenters. The first-order valence-electron chi connectivity index (χ1n) is 6.45. The zero-order valence-electron chi connectivity index (χ0n) is 12.0. The molecule has 0 amide bonds. The summed E-state index contributed by atoms with van der Waals surface area (Å²) >= 11 is 0. The average molecular weight is 259 g/mol. The molecule has 2 aromatic rings. The average Bonchev–Trinajstić information content (AvgIpc) is 2.73. The van der Waals surface area contributed by atoms with Crippen molar-refractivity contribution in [3.05, 3.63) is 35.0 Å². The van der Waals surface area contributed by atoms with E-state index in [0.29, 0.717) is 6.54 Å². The van der Waals surface area contributed by atoms with Crippen molar-refractivity contribution in [2.75, 3.05) is 13.7 Å². The highest BCUT2D eigenvalue weighted by Gasteiger charge is 2.13. The Bertz CT molecular complexity index is 587. The molecule has 1 heterocycles. The summed E-state index contributed by atoms with van der Waals surface area (Å²) in [4.78, 5) is 0. The third kappa shape index (κ3) is 2.63. The van der Waals surface area contributed by atoms with Crippen LogP contribution in [0.5, 0.6) is 5.75 Å². The van der Waals surface area contributed by atoms with Gasteiger partial charge in [0.1, 0.15) is 5.75 Å². The van der Waals surface area contributed by atoms with E-state index in [-0.39, 0.29) is 0 Å². The lowest BCUT2D eigenvalue weighted by atomic mass is 10.0. The largest absolute Gasteiger partial charge is 0.496 e. The lowest BCUT2D eigenvalue weighted by Gasteiger charge is -2.11. The summed E-state index contributed by atoms with van der Waals surface area (Å²) < 4.78 is 7.38. The maximum absolute atomic E-state index is 5.58. The van der Waals surface area contributed by atoms with Gasteiger partial charge >= 0.3 is 0 Å². The molecular formula is C15H21N3O. The summed E-state index contributed by atoms with van der Waals surface area (Å²) in [5, 5.41) is 4.49. The summed E-state index contributed by atoms with van der Waals surface area (Å²) in [6.07, 6.45) is 0.793. The van der Waals surface area contributed by atoms with Gasteiger partial charge in [-0.25, -0.2) is 0 Å². The number of aryl methyl sites for hydroxylation is 3. The lowest BCUT2D eigenvalue weighted by molar-refractivity contribution is 0.415. The second-order valence-corrected chi connectivity index (χ2v) is 4.82. The molecule has 4 heteroatoms. The Morgan fingerprint density at radius 3 is 2.53 bits per heavy atom. The van der Waals surface area contributed by atoms with E-state index >= 15 is 0 Å². The molecule has 0 bridgehead atoms. The summed E-state index contributed by atoms with van der Waals surface area (Å²) in [7, 11) is 3.65. The molecule has 102 valence electrons. The number of hydrogen-bond donors (Lipinski definition) is 1. The van der Waals surface area contributed by atoms with Gasteiger partial charge in [0.25, 0.3) is 0 Å².